The van der Waals surface area contributed by atoms with E-state index in [4.69, 9.17) is 0 Å². The van der Waals surface area contributed by atoms with Crippen LogP contribution in [0.5, 0.6) is 0 Å². The predicted octanol–water partition coefficient (Wildman–Crippen LogP) is 12.8. The summed E-state index contributed by atoms with van der Waals surface area (Å²) in [6, 6.07) is 56.8. The van der Waals surface area contributed by atoms with Crippen LogP contribution in [0.3, 0.4) is 0 Å². The van der Waals surface area contributed by atoms with Crippen LogP contribution in [0.2, 0.25) is 0 Å². The molecule has 0 heterocycles. The first-order chi connectivity index (χ1) is 23.0. The van der Waals surface area contributed by atoms with E-state index in [2.05, 4.69) is 169 Å². The van der Waals surface area contributed by atoms with Crippen LogP contribution in [0.15, 0.2) is 158 Å². The third-order valence-electron chi connectivity index (χ3n) is 9.07. The van der Waals surface area contributed by atoms with Crippen LogP contribution < -0.4 is 0 Å². The number of rotatable bonds is 2. The van der Waals surface area contributed by atoms with Crippen LogP contribution in [-0.2, 0) is 35.1 Å². The maximum absolute atomic E-state index is 2.35. The molecule has 0 amide bonds. The van der Waals surface area contributed by atoms with Crippen LogP contribution in [-0.4, -0.2) is 3.21 Å². The fourth-order valence-electron chi connectivity index (χ4n) is 6.13. The molecule has 1 heteroatoms. The normalized spacial score (nSPS) is 11.7. The average molecular weight is 700 g/mol. The van der Waals surface area contributed by atoms with Gasteiger partial charge in [-0.1, -0.05) is 76.9 Å². The first kappa shape index (κ1) is 33.7. The largest absolute Gasteiger partial charge is 0.214 e. The molecule has 0 aliphatic heterocycles. The molecular formula is C47H44Zr. The maximum atomic E-state index is 2.35. The van der Waals surface area contributed by atoms with Gasteiger partial charge in [-0.25, -0.2) is 12.1 Å². The smallest absolute Gasteiger partial charge is 0.172 e. The van der Waals surface area contributed by atoms with E-state index in [1.165, 1.54) is 92.8 Å². The molecule has 0 N–H and O–H groups in total. The molecular weight excluding hydrogens is 656 g/mol. The molecule has 0 saturated carbocycles. The van der Waals surface area contributed by atoms with E-state index in [-0.39, 0.29) is 10.8 Å². The minimum absolute atomic E-state index is 0.203. The van der Waals surface area contributed by atoms with E-state index < -0.39 is 0 Å². The first-order valence-corrected chi connectivity index (χ1v) is 18.1. The molecule has 0 atom stereocenters. The Labute approximate surface area is 301 Å². The van der Waals surface area contributed by atoms with Crippen molar-refractivity contribution < 1.29 is 24.2 Å². The van der Waals surface area contributed by atoms with Crippen LogP contribution in [0.1, 0.15) is 63.8 Å². The quantitative estimate of drug-likeness (QED) is 0.158. The molecule has 0 spiro atoms. The first-order valence-electron chi connectivity index (χ1n) is 16.9. The molecule has 0 nitrogen and oxygen atoms in total. The Balaban J connectivity index is 0.000000146. The van der Waals surface area contributed by atoms with Gasteiger partial charge in [0, 0.05) is 0 Å². The maximum Gasteiger partial charge on any atom is -0.172 e. The summed E-state index contributed by atoms with van der Waals surface area (Å²) in [6.07, 6.45) is 0. The SMILES string of the molecule is CC(C)(C)c1ccc2c(c1)[cH-]c1cc(C(C)(C)C)ccc12.[Zr+2]=[C](c1ccc2ccccc2c1)c1ccc2ccccc2c1.c1cc[cH-]c1. The van der Waals surface area contributed by atoms with Crippen molar-refractivity contribution in [3.8, 4) is 0 Å². The molecule has 0 aliphatic rings. The van der Waals surface area contributed by atoms with Gasteiger partial charge in [0.15, 0.2) is 0 Å². The Hall–Kier alpha value is -4.19. The van der Waals surface area contributed by atoms with Gasteiger partial charge < -0.3 is 0 Å². The number of hydrogen-bond acceptors (Lipinski definition) is 0. The summed E-state index contributed by atoms with van der Waals surface area (Å²) in [6.45, 7) is 13.6. The molecule has 0 bridgehead atoms. The zero-order chi connectivity index (χ0) is 33.9. The van der Waals surface area contributed by atoms with Crippen molar-refractivity contribution in [3.05, 3.63) is 180 Å². The molecule has 0 unspecified atom stereocenters. The summed E-state index contributed by atoms with van der Waals surface area (Å²) in [4.78, 5) is 0. The predicted molar refractivity (Wildman–Crippen MR) is 208 cm³/mol. The Bertz CT molecular complexity index is 2150. The van der Waals surface area contributed by atoms with E-state index in [1.807, 2.05) is 30.3 Å². The molecule has 8 aromatic rings. The van der Waals surface area contributed by atoms with Gasteiger partial charge in [-0.3, -0.25) is 0 Å². The van der Waals surface area contributed by atoms with Crippen molar-refractivity contribution in [2.45, 2.75) is 52.4 Å². The molecule has 48 heavy (non-hydrogen) atoms. The van der Waals surface area contributed by atoms with Crippen molar-refractivity contribution in [2.24, 2.45) is 0 Å². The van der Waals surface area contributed by atoms with E-state index in [9.17, 15) is 0 Å². The Morgan fingerprint density at radius 3 is 1.25 bits per heavy atom. The second-order valence-electron chi connectivity index (χ2n) is 14.7. The molecule has 0 aromatic heterocycles. The summed E-state index contributed by atoms with van der Waals surface area (Å²) in [5, 5.41) is 10.7. The van der Waals surface area contributed by atoms with Crippen LogP contribution in [0.4, 0.5) is 0 Å². The summed E-state index contributed by atoms with van der Waals surface area (Å²) in [5.41, 5.74) is 5.87. The fraction of sp³-hybridized carbons (Fsp3) is 0.170. The van der Waals surface area contributed by atoms with Gasteiger partial charge in [0.25, 0.3) is 0 Å². The van der Waals surface area contributed by atoms with E-state index in [0.717, 1.165) is 0 Å². The summed E-state index contributed by atoms with van der Waals surface area (Å²) in [5.74, 6) is 0. The van der Waals surface area contributed by atoms with Crippen LogP contribution in [0.25, 0.3) is 43.1 Å². The third-order valence-corrected chi connectivity index (χ3v) is 10.5. The second kappa shape index (κ2) is 14.1. The van der Waals surface area contributed by atoms with Crippen LogP contribution >= 0.6 is 0 Å². The molecule has 0 fully saturated rings. The fourth-order valence-corrected chi connectivity index (χ4v) is 6.90. The number of benzene rings is 6. The second-order valence-corrected chi connectivity index (χ2v) is 15.9. The van der Waals surface area contributed by atoms with Gasteiger partial charge in [0.2, 0.25) is 0 Å². The van der Waals surface area contributed by atoms with E-state index in [1.54, 1.807) is 0 Å². The van der Waals surface area contributed by atoms with Gasteiger partial charge in [-0.15, -0.1) is 39.7 Å². The summed E-state index contributed by atoms with van der Waals surface area (Å²) in [7, 11) is 0. The molecule has 0 aliphatic carbocycles. The Kier molecular flexibility index (Phi) is 9.91. The Morgan fingerprint density at radius 1 is 0.458 bits per heavy atom. The minimum atomic E-state index is 0.203. The molecule has 0 radical (unpaired) electrons. The van der Waals surface area contributed by atoms with Gasteiger partial charge >= 0.3 is 145 Å². The van der Waals surface area contributed by atoms with Crippen molar-refractivity contribution in [3.63, 3.8) is 0 Å². The van der Waals surface area contributed by atoms with Gasteiger partial charge in [-0.2, -0.15) is 18.2 Å². The molecule has 0 saturated heterocycles. The zero-order valence-electron chi connectivity index (χ0n) is 29.0. The minimum Gasteiger partial charge on any atom is -0.214 e. The zero-order valence-corrected chi connectivity index (χ0v) is 31.5. The summed E-state index contributed by atoms with van der Waals surface area (Å²) < 4.78 is 1.41. The van der Waals surface area contributed by atoms with Crippen molar-refractivity contribution in [1.82, 2.24) is 0 Å². The van der Waals surface area contributed by atoms with E-state index in [0.29, 0.717) is 0 Å². The average Bonchev–Trinajstić information content (AvgIpc) is 3.79. The topological polar surface area (TPSA) is 0 Å². The van der Waals surface area contributed by atoms with Crippen molar-refractivity contribution in [2.75, 3.05) is 0 Å². The monoisotopic (exact) mass is 698 g/mol. The summed E-state index contributed by atoms with van der Waals surface area (Å²) >= 11 is 1.44. The Morgan fingerprint density at radius 2 is 0.875 bits per heavy atom. The standard InChI is InChI=1S/C21H14.C21H25.C5H5.Zr/c1-3-7-20-14-16(9-11-18(20)5-1)13-17-10-12-19-6-2-4-8-21(19)15-17;1-20(2,3)16-7-9-18-14(12-16)11-15-13-17(21(4,5)6)8-10-19(15)18;1-2-4-5-3-1;/h1-12,14-15H;7-13H,1-6H3;1-5H;/q;2*-1;+2. The van der Waals surface area contributed by atoms with Crippen LogP contribution in [0, 0.1) is 0 Å². The third kappa shape index (κ3) is 7.75. The van der Waals surface area contributed by atoms with E-state index >= 15 is 0 Å². The van der Waals surface area contributed by atoms with Gasteiger partial charge in [-0.05, 0) is 10.8 Å². The van der Waals surface area contributed by atoms with Crippen molar-refractivity contribution >= 4 is 46.3 Å². The molecule has 8 aromatic carbocycles. The van der Waals surface area contributed by atoms with Gasteiger partial charge in [0.05, 0.1) is 0 Å². The molecule has 236 valence electrons. The van der Waals surface area contributed by atoms with Crippen molar-refractivity contribution in [1.29, 1.82) is 0 Å². The molecule has 8 rings (SSSR count). The van der Waals surface area contributed by atoms with Gasteiger partial charge in [0.1, 0.15) is 0 Å². The number of hydrogen-bond donors (Lipinski definition) is 0. The number of fused-ring (bicyclic) bond motifs is 5.